The normalized spacial score (nSPS) is 10.5. The zero-order valence-corrected chi connectivity index (χ0v) is 14.5. The molecule has 0 aliphatic heterocycles. The second kappa shape index (κ2) is 8.57. The molecule has 0 heterocycles. The van der Waals surface area contributed by atoms with Crippen molar-refractivity contribution >= 4 is 29.3 Å². The number of carbonyl (C=O) groups excluding carboxylic acids is 2. The summed E-state index contributed by atoms with van der Waals surface area (Å²) in [6, 6.07) is 13.3. The molecule has 0 radical (unpaired) electrons. The van der Waals surface area contributed by atoms with Crippen LogP contribution < -0.4 is 5.32 Å². The maximum atomic E-state index is 12.1. The van der Waals surface area contributed by atoms with Gasteiger partial charge < -0.3 is 10.2 Å². The number of anilines is 1. The number of non-ortho nitro benzene ring substituents is 1. The maximum absolute atomic E-state index is 12.1. The molecule has 0 saturated heterocycles. The first-order valence-corrected chi connectivity index (χ1v) is 7.89. The van der Waals surface area contributed by atoms with Crippen molar-refractivity contribution in [3.63, 3.8) is 0 Å². The van der Waals surface area contributed by atoms with Gasteiger partial charge in [-0.25, -0.2) is 0 Å². The maximum Gasteiger partial charge on any atom is 0.270 e. The Kier molecular flexibility index (Phi) is 6.21. The number of aryl methyl sites for hydroxylation is 1. The van der Waals surface area contributed by atoms with E-state index < -0.39 is 4.92 Å². The monoisotopic (exact) mass is 353 g/mol. The molecule has 0 unspecified atom stereocenters. The summed E-state index contributed by atoms with van der Waals surface area (Å²) in [6.07, 6.45) is 2.75. The first-order chi connectivity index (χ1) is 12.3. The molecule has 1 N–H and O–H groups in total. The topological polar surface area (TPSA) is 92.6 Å². The summed E-state index contributed by atoms with van der Waals surface area (Å²) in [5, 5.41) is 13.5. The molecule has 0 atom stereocenters. The Balaban J connectivity index is 1.92. The molecule has 2 rings (SSSR count). The highest BCUT2D eigenvalue weighted by Gasteiger charge is 2.11. The summed E-state index contributed by atoms with van der Waals surface area (Å²) in [5.41, 5.74) is 2.23. The summed E-state index contributed by atoms with van der Waals surface area (Å²) in [4.78, 5) is 35.6. The number of hydrogen-bond acceptors (Lipinski definition) is 4. The van der Waals surface area contributed by atoms with Gasteiger partial charge in [-0.15, -0.1) is 0 Å². The third kappa shape index (κ3) is 5.55. The lowest BCUT2D eigenvalue weighted by atomic mass is 10.2. The van der Waals surface area contributed by atoms with Crippen molar-refractivity contribution in [2.24, 2.45) is 0 Å². The highest BCUT2D eigenvalue weighted by Crippen LogP contribution is 2.14. The number of carbonyl (C=O) groups is 2. The van der Waals surface area contributed by atoms with Gasteiger partial charge in [-0.2, -0.15) is 0 Å². The Morgan fingerprint density at radius 3 is 2.54 bits per heavy atom. The van der Waals surface area contributed by atoms with E-state index in [4.69, 9.17) is 0 Å². The van der Waals surface area contributed by atoms with Crippen LogP contribution in [-0.4, -0.2) is 35.2 Å². The van der Waals surface area contributed by atoms with Gasteiger partial charge in [0.15, 0.2) is 0 Å². The van der Waals surface area contributed by atoms with E-state index in [0.717, 1.165) is 5.56 Å². The third-order valence-electron chi connectivity index (χ3n) is 3.59. The van der Waals surface area contributed by atoms with Gasteiger partial charge in [0.2, 0.25) is 11.8 Å². The van der Waals surface area contributed by atoms with Gasteiger partial charge in [0.25, 0.3) is 5.69 Å². The summed E-state index contributed by atoms with van der Waals surface area (Å²) in [5.74, 6) is -0.691. The van der Waals surface area contributed by atoms with Gasteiger partial charge in [0.05, 0.1) is 11.5 Å². The third-order valence-corrected chi connectivity index (χ3v) is 3.59. The van der Waals surface area contributed by atoms with Crippen molar-refractivity contribution < 1.29 is 14.5 Å². The summed E-state index contributed by atoms with van der Waals surface area (Å²) in [7, 11) is 1.51. The molecule has 0 bridgehead atoms. The SMILES string of the molecule is Cc1ccc(NC(=O)CN(C)C(=O)/C=C/c2cccc([N+](=O)[O-])c2)cc1. The molecule has 26 heavy (non-hydrogen) atoms. The van der Waals surface area contributed by atoms with Gasteiger partial charge in [-0.1, -0.05) is 29.8 Å². The lowest BCUT2D eigenvalue weighted by Crippen LogP contribution is -2.33. The predicted molar refractivity (Wildman–Crippen MR) is 99.6 cm³/mol. The average Bonchev–Trinajstić information content (AvgIpc) is 2.61. The Morgan fingerprint density at radius 1 is 1.19 bits per heavy atom. The van der Waals surface area contributed by atoms with E-state index in [0.29, 0.717) is 11.3 Å². The van der Waals surface area contributed by atoms with Crippen molar-refractivity contribution in [1.82, 2.24) is 4.90 Å². The van der Waals surface area contributed by atoms with E-state index in [1.54, 1.807) is 24.3 Å². The van der Waals surface area contributed by atoms with Crippen LogP contribution in [0, 0.1) is 17.0 Å². The fourth-order valence-corrected chi connectivity index (χ4v) is 2.17. The minimum absolute atomic E-state index is 0.0505. The quantitative estimate of drug-likeness (QED) is 0.491. The molecule has 134 valence electrons. The number of nitro groups is 1. The molecule has 2 amide bonds. The fraction of sp³-hybridized carbons (Fsp3) is 0.158. The minimum Gasteiger partial charge on any atom is -0.333 e. The molecule has 0 aliphatic carbocycles. The van der Waals surface area contributed by atoms with Crippen LogP contribution in [0.1, 0.15) is 11.1 Å². The zero-order valence-electron chi connectivity index (χ0n) is 14.5. The van der Waals surface area contributed by atoms with Crippen molar-refractivity contribution in [2.75, 3.05) is 18.9 Å². The molecule has 0 saturated carbocycles. The second-order valence-corrected chi connectivity index (χ2v) is 5.79. The number of likely N-dealkylation sites (N-methyl/N-ethyl adjacent to an activating group) is 1. The summed E-state index contributed by atoms with van der Waals surface area (Å²) >= 11 is 0. The lowest BCUT2D eigenvalue weighted by molar-refractivity contribution is -0.384. The van der Waals surface area contributed by atoms with Crippen molar-refractivity contribution in [1.29, 1.82) is 0 Å². The Hall–Kier alpha value is -3.48. The second-order valence-electron chi connectivity index (χ2n) is 5.79. The molecular weight excluding hydrogens is 334 g/mol. The average molecular weight is 353 g/mol. The first kappa shape index (κ1) is 18.9. The van der Waals surface area contributed by atoms with Gasteiger partial charge in [0, 0.05) is 30.9 Å². The van der Waals surface area contributed by atoms with Gasteiger partial charge in [0.1, 0.15) is 0 Å². The van der Waals surface area contributed by atoms with Crippen LogP contribution in [0.25, 0.3) is 6.08 Å². The van der Waals surface area contributed by atoms with Gasteiger partial charge in [-0.3, -0.25) is 19.7 Å². The summed E-state index contributed by atoms with van der Waals surface area (Å²) in [6.45, 7) is 1.84. The number of hydrogen-bond donors (Lipinski definition) is 1. The van der Waals surface area contributed by atoms with E-state index in [1.165, 1.54) is 36.2 Å². The standard InChI is InChI=1S/C19H19N3O4/c1-14-6-9-16(10-7-14)20-18(23)13-21(2)19(24)11-8-15-4-3-5-17(12-15)22(25)26/h3-12H,13H2,1-2H3,(H,20,23)/b11-8+. The number of nitro benzene ring substituents is 1. The van der Waals surface area contributed by atoms with Crippen LogP contribution in [-0.2, 0) is 9.59 Å². The smallest absolute Gasteiger partial charge is 0.270 e. The van der Waals surface area contributed by atoms with Crippen LogP contribution in [0.5, 0.6) is 0 Å². The molecule has 0 aliphatic rings. The molecule has 0 spiro atoms. The van der Waals surface area contributed by atoms with Crippen molar-refractivity contribution in [2.45, 2.75) is 6.92 Å². The van der Waals surface area contributed by atoms with Crippen LogP contribution in [0.15, 0.2) is 54.6 Å². The molecule has 0 fully saturated rings. The van der Waals surface area contributed by atoms with Crippen molar-refractivity contribution in [3.05, 3.63) is 75.8 Å². The molecule has 7 heteroatoms. The Bertz CT molecular complexity index is 844. The minimum atomic E-state index is -0.499. The predicted octanol–water partition coefficient (Wildman–Crippen LogP) is 3.01. The van der Waals surface area contributed by atoms with E-state index in [2.05, 4.69) is 5.32 Å². The van der Waals surface area contributed by atoms with Crippen LogP contribution in [0.3, 0.4) is 0 Å². The Labute approximate surface area is 151 Å². The van der Waals surface area contributed by atoms with E-state index in [-0.39, 0.29) is 24.0 Å². The van der Waals surface area contributed by atoms with E-state index >= 15 is 0 Å². The van der Waals surface area contributed by atoms with Crippen LogP contribution in [0.4, 0.5) is 11.4 Å². The van der Waals surface area contributed by atoms with E-state index in [9.17, 15) is 19.7 Å². The number of nitrogens with zero attached hydrogens (tertiary/aromatic N) is 2. The number of nitrogens with one attached hydrogen (secondary N) is 1. The molecule has 0 aromatic heterocycles. The molecular formula is C19H19N3O4. The van der Waals surface area contributed by atoms with Gasteiger partial charge >= 0.3 is 0 Å². The highest BCUT2D eigenvalue weighted by molar-refractivity contribution is 5.97. The first-order valence-electron chi connectivity index (χ1n) is 7.89. The molecule has 2 aromatic carbocycles. The van der Waals surface area contributed by atoms with E-state index in [1.807, 2.05) is 19.1 Å². The molecule has 7 nitrogen and oxygen atoms in total. The largest absolute Gasteiger partial charge is 0.333 e. The number of rotatable bonds is 6. The summed E-state index contributed by atoms with van der Waals surface area (Å²) < 4.78 is 0. The van der Waals surface area contributed by atoms with Crippen LogP contribution >= 0.6 is 0 Å². The Morgan fingerprint density at radius 2 is 1.88 bits per heavy atom. The van der Waals surface area contributed by atoms with Gasteiger partial charge in [-0.05, 0) is 30.7 Å². The molecule has 2 aromatic rings. The zero-order chi connectivity index (χ0) is 19.1. The fourth-order valence-electron chi connectivity index (χ4n) is 2.17. The van der Waals surface area contributed by atoms with Crippen LogP contribution in [0.2, 0.25) is 0 Å². The number of benzene rings is 2. The highest BCUT2D eigenvalue weighted by atomic mass is 16.6. The number of amides is 2. The van der Waals surface area contributed by atoms with Crippen molar-refractivity contribution in [3.8, 4) is 0 Å². The lowest BCUT2D eigenvalue weighted by Gasteiger charge is -2.15.